The summed E-state index contributed by atoms with van der Waals surface area (Å²) in [5, 5.41) is 0. The summed E-state index contributed by atoms with van der Waals surface area (Å²) >= 11 is 0. The lowest BCUT2D eigenvalue weighted by Gasteiger charge is -2.32. The monoisotopic (exact) mass is 469 g/mol. The number of aryl methyl sites for hydroxylation is 1. The highest BCUT2D eigenvalue weighted by molar-refractivity contribution is 7.95. The van der Waals surface area contributed by atoms with E-state index in [0.717, 1.165) is 36.0 Å². The van der Waals surface area contributed by atoms with Crippen LogP contribution in [0, 0.1) is 6.92 Å². The minimum absolute atomic E-state index is 0.137. The summed E-state index contributed by atoms with van der Waals surface area (Å²) in [5.41, 5.74) is 3.45. The summed E-state index contributed by atoms with van der Waals surface area (Å²) in [6, 6.07) is 14.9. The molecule has 7 heteroatoms. The standard InChI is InChI=1S/C25H27NO4S2/c1-19-12-14-23(15-13-19)32(29,30)26-17-21-9-7-6-8-20(2)16-24(21)25(18-26)31(27,28)22-10-4-3-5-11-22/h3-5,9-16H,6-8,17-18H2,1-2H3/b20-16-,21-9-. The molecule has 0 bridgehead atoms. The Bertz CT molecular complexity index is 1320. The Morgan fingerprint density at radius 1 is 0.812 bits per heavy atom. The van der Waals surface area contributed by atoms with Gasteiger partial charge in [0.15, 0.2) is 0 Å². The first-order valence-corrected chi connectivity index (χ1v) is 13.6. The van der Waals surface area contributed by atoms with E-state index in [-0.39, 0.29) is 27.8 Å². The van der Waals surface area contributed by atoms with Crippen LogP contribution in [0.5, 0.6) is 0 Å². The van der Waals surface area contributed by atoms with E-state index in [4.69, 9.17) is 0 Å². The fourth-order valence-corrected chi connectivity index (χ4v) is 7.15. The molecule has 5 nitrogen and oxygen atoms in total. The van der Waals surface area contributed by atoms with Crippen molar-refractivity contribution in [1.82, 2.24) is 4.31 Å². The summed E-state index contributed by atoms with van der Waals surface area (Å²) in [7, 11) is -7.74. The van der Waals surface area contributed by atoms with Gasteiger partial charge in [-0.05, 0) is 68.5 Å². The first-order chi connectivity index (χ1) is 15.2. The van der Waals surface area contributed by atoms with Crippen molar-refractivity contribution in [3.8, 4) is 0 Å². The van der Waals surface area contributed by atoms with Gasteiger partial charge in [-0.1, -0.05) is 53.6 Å². The molecular weight excluding hydrogens is 442 g/mol. The fourth-order valence-electron chi connectivity index (χ4n) is 4.08. The minimum atomic E-state index is -3.88. The molecule has 168 valence electrons. The van der Waals surface area contributed by atoms with Gasteiger partial charge in [-0.3, -0.25) is 0 Å². The highest BCUT2D eigenvalue weighted by Crippen LogP contribution is 2.36. The van der Waals surface area contributed by atoms with Gasteiger partial charge in [-0.2, -0.15) is 4.31 Å². The van der Waals surface area contributed by atoms with Crippen LogP contribution in [0.15, 0.2) is 98.2 Å². The van der Waals surface area contributed by atoms with Crippen LogP contribution in [0.3, 0.4) is 0 Å². The van der Waals surface area contributed by atoms with Crippen LogP contribution < -0.4 is 0 Å². The summed E-state index contributed by atoms with van der Waals surface area (Å²) in [4.78, 5) is 0.476. The first kappa shape index (κ1) is 22.7. The summed E-state index contributed by atoms with van der Waals surface area (Å²) in [5.74, 6) is 0. The van der Waals surface area contributed by atoms with E-state index in [9.17, 15) is 16.8 Å². The van der Waals surface area contributed by atoms with Gasteiger partial charge >= 0.3 is 0 Å². The second-order valence-electron chi connectivity index (χ2n) is 8.35. The van der Waals surface area contributed by atoms with Crippen molar-refractivity contribution < 1.29 is 16.8 Å². The van der Waals surface area contributed by atoms with Gasteiger partial charge in [-0.15, -0.1) is 0 Å². The van der Waals surface area contributed by atoms with Crippen LogP contribution in [0.4, 0.5) is 0 Å². The summed E-state index contributed by atoms with van der Waals surface area (Å²) in [6.45, 7) is 3.86. The van der Waals surface area contributed by atoms with E-state index in [0.29, 0.717) is 5.57 Å². The molecular formula is C25H27NO4S2. The number of hydrogen-bond donors (Lipinski definition) is 0. The molecule has 32 heavy (non-hydrogen) atoms. The van der Waals surface area contributed by atoms with Gasteiger partial charge in [0.2, 0.25) is 19.9 Å². The van der Waals surface area contributed by atoms with Crippen LogP contribution in [-0.4, -0.2) is 34.2 Å². The van der Waals surface area contributed by atoms with Gasteiger partial charge < -0.3 is 0 Å². The predicted molar refractivity (Wildman–Crippen MR) is 126 cm³/mol. The normalized spacial score (nSPS) is 21.6. The summed E-state index contributed by atoms with van der Waals surface area (Å²) < 4.78 is 55.5. The Morgan fingerprint density at radius 3 is 2.19 bits per heavy atom. The average molecular weight is 470 g/mol. The molecule has 0 spiro atoms. The van der Waals surface area contributed by atoms with Crippen LogP contribution >= 0.6 is 0 Å². The Labute approximate surface area is 190 Å². The smallest absolute Gasteiger partial charge is 0.219 e. The molecule has 0 atom stereocenters. The molecule has 0 amide bonds. The van der Waals surface area contributed by atoms with Crippen molar-refractivity contribution in [2.45, 2.75) is 42.9 Å². The Morgan fingerprint density at radius 2 is 1.50 bits per heavy atom. The minimum Gasteiger partial charge on any atom is -0.219 e. The molecule has 2 aromatic carbocycles. The largest absolute Gasteiger partial charge is 0.243 e. The highest BCUT2D eigenvalue weighted by Gasteiger charge is 2.37. The van der Waals surface area contributed by atoms with Crippen LogP contribution in [-0.2, 0) is 19.9 Å². The van der Waals surface area contributed by atoms with E-state index in [1.54, 1.807) is 54.6 Å². The molecule has 2 aliphatic rings. The van der Waals surface area contributed by atoms with Crippen molar-refractivity contribution in [1.29, 1.82) is 0 Å². The maximum absolute atomic E-state index is 13.7. The van der Waals surface area contributed by atoms with Crippen molar-refractivity contribution in [2.75, 3.05) is 13.1 Å². The van der Waals surface area contributed by atoms with E-state index in [1.165, 1.54) is 4.31 Å². The maximum Gasteiger partial charge on any atom is 0.243 e. The predicted octanol–water partition coefficient (Wildman–Crippen LogP) is 4.78. The molecule has 0 fully saturated rings. The molecule has 0 radical (unpaired) electrons. The SMILES string of the molecule is C/C1=C/C2=C(S(=O)(=O)c3ccccc3)CN(S(=O)(=O)c3ccc(C)cc3)C/C2=C/CCC1. The van der Waals surface area contributed by atoms with Crippen molar-refractivity contribution in [3.05, 3.63) is 93.9 Å². The van der Waals surface area contributed by atoms with E-state index >= 15 is 0 Å². The molecule has 4 rings (SSSR count). The van der Waals surface area contributed by atoms with Crippen molar-refractivity contribution in [3.63, 3.8) is 0 Å². The molecule has 0 unspecified atom stereocenters. The summed E-state index contributed by atoms with van der Waals surface area (Å²) in [6.07, 6.45) is 6.54. The number of sulfone groups is 1. The Kier molecular flexibility index (Phi) is 6.25. The Balaban J connectivity index is 1.89. The number of nitrogens with zero attached hydrogens (tertiary/aromatic N) is 1. The lowest BCUT2D eigenvalue weighted by atomic mass is 9.94. The van der Waals surface area contributed by atoms with Crippen LogP contribution in [0.1, 0.15) is 31.7 Å². The highest BCUT2D eigenvalue weighted by atomic mass is 32.2. The molecule has 1 aliphatic carbocycles. The molecule has 0 N–H and O–H groups in total. The van der Waals surface area contributed by atoms with Gasteiger partial charge in [-0.25, -0.2) is 16.8 Å². The zero-order valence-corrected chi connectivity index (χ0v) is 19.9. The second kappa shape index (κ2) is 8.81. The van der Waals surface area contributed by atoms with Gasteiger partial charge in [0, 0.05) is 6.54 Å². The van der Waals surface area contributed by atoms with Gasteiger partial charge in [0.25, 0.3) is 0 Å². The molecule has 0 aromatic heterocycles. The van der Waals surface area contributed by atoms with Gasteiger partial charge in [0.1, 0.15) is 0 Å². The first-order valence-electron chi connectivity index (χ1n) is 10.7. The van der Waals surface area contributed by atoms with E-state index in [2.05, 4.69) is 0 Å². The molecule has 1 aliphatic heterocycles. The molecule has 0 saturated heterocycles. The van der Waals surface area contributed by atoms with Crippen molar-refractivity contribution >= 4 is 19.9 Å². The number of sulfonamides is 1. The zero-order valence-electron chi connectivity index (χ0n) is 18.3. The number of benzene rings is 2. The maximum atomic E-state index is 13.7. The Hall–Kier alpha value is -2.48. The lowest BCUT2D eigenvalue weighted by molar-refractivity contribution is 0.455. The fraction of sp³-hybridized carbons (Fsp3) is 0.280. The third-order valence-electron chi connectivity index (χ3n) is 5.91. The molecule has 2 aromatic rings. The quantitative estimate of drug-likeness (QED) is 0.646. The number of rotatable bonds is 4. The van der Waals surface area contributed by atoms with Crippen LogP contribution in [0.25, 0.3) is 0 Å². The zero-order chi connectivity index (χ0) is 22.9. The number of fused-ring (bicyclic) bond motifs is 1. The lowest BCUT2D eigenvalue weighted by Crippen LogP contribution is -2.40. The average Bonchev–Trinajstić information content (AvgIpc) is 2.76. The second-order valence-corrected chi connectivity index (χ2v) is 12.3. The number of allylic oxidation sites excluding steroid dienone is 3. The van der Waals surface area contributed by atoms with Crippen molar-refractivity contribution in [2.24, 2.45) is 0 Å². The molecule has 1 heterocycles. The van der Waals surface area contributed by atoms with Crippen LogP contribution in [0.2, 0.25) is 0 Å². The van der Waals surface area contributed by atoms with E-state index < -0.39 is 19.9 Å². The third-order valence-corrected chi connectivity index (χ3v) is 9.60. The third kappa shape index (κ3) is 4.37. The van der Waals surface area contributed by atoms with E-state index in [1.807, 2.05) is 26.0 Å². The van der Waals surface area contributed by atoms with Gasteiger partial charge in [0.05, 0.1) is 21.2 Å². The number of hydrogen-bond acceptors (Lipinski definition) is 4. The topological polar surface area (TPSA) is 71.5 Å². The molecule has 0 saturated carbocycles.